The quantitative estimate of drug-likeness (QED) is 0.661. The van der Waals surface area contributed by atoms with E-state index >= 15 is 0 Å². The van der Waals surface area contributed by atoms with Gasteiger partial charge < -0.3 is 14.8 Å². The molecule has 0 unspecified atom stereocenters. The predicted molar refractivity (Wildman–Crippen MR) is 52.2 cm³/mol. The maximum atomic E-state index is 5.06. The van der Waals surface area contributed by atoms with Crippen LogP contribution in [0.2, 0.25) is 0 Å². The summed E-state index contributed by atoms with van der Waals surface area (Å²) in [6.07, 6.45) is 3.26. The first-order valence-corrected chi connectivity index (χ1v) is 4.42. The molecule has 0 bridgehead atoms. The summed E-state index contributed by atoms with van der Waals surface area (Å²) in [7, 11) is 3.26. The lowest BCUT2D eigenvalue weighted by molar-refractivity contribution is 0.199. The molecule has 1 heterocycles. The second-order valence-corrected chi connectivity index (χ2v) is 2.68. The van der Waals surface area contributed by atoms with E-state index in [0.717, 1.165) is 12.2 Å². The monoisotopic (exact) mass is 197 g/mol. The SMILES string of the molecule is COCCNCc1nccnc1OC. The van der Waals surface area contributed by atoms with E-state index in [2.05, 4.69) is 15.3 Å². The molecule has 0 aliphatic rings. The minimum atomic E-state index is 0.567. The summed E-state index contributed by atoms with van der Waals surface area (Å²) >= 11 is 0. The fraction of sp³-hybridized carbons (Fsp3) is 0.556. The number of methoxy groups -OCH3 is 2. The van der Waals surface area contributed by atoms with Crippen LogP contribution in [0.1, 0.15) is 5.69 Å². The van der Waals surface area contributed by atoms with E-state index < -0.39 is 0 Å². The summed E-state index contributed by atoms with van der Waals surface area (Å²) in [6.45, 7) is 2.11. The standard InChI is InChI=1S/C9H15N3O2/c1-13-6-5-10-7-8-9(14-2)12-4-3-11-8/h3-4,10H,5-7H2,1-2H3. The molecule has 0 saturated heterocycles. The second kappa shape index (κ2) is 6.28. The second-order valence-electron chi connectivity index (χ2n) is 2.68. The molecule has 0 aliphatic carbocycles. The van der Waals surface area contributed by atoms with Gasteiger partial charge in [-0.1, -0.05) is 0 Å². The van der Waals surface area contributed by atoms with E-state index in [1.54, 1.807) is 26.6 Å². The number of nitrogens with one attached hydrogen (secondary N) is 1. The zero-order valence-electron chi connectivity index (χ0n) is 8.49. The van der Waals surface area contributed by atoms with Crippen LogP contribution in [-0.4, -0.2) is 37.3 Å². The molecule has 14 heavy (non-hydrogen) atoms. The summed E-state index contributed by atoms with van der Waals surface area (Å²) < 4.78 is 9.96. The number of nitrogens with zero attached hydrogens (tertiary/aromatic N) is 2. The van der Waals surface area contributed by atoms with Crippen molar-refractivity contribution in [3.8, 4) is 5.88 Å². The van der Waals surface area contributed by atoms with Gasteiger partial charge in [-0.25, -0.2) is 4.98 Å². The molecule has 78 valence electrons. The van der Waals surface area contributed by atoms with Crippen molar-refractivity contribution in [2.75, 3.05) is 27.4 Å². The average molecular weight is 197 g/mol. The smallest absolute Gasteiger partial charge is 0.236 e. The van der Waals surface area contributed by atoms with Gasteiger partial charge in [0.05, 0.1) is 13.7 Å². The molecule has 0 saturated carbocycles. The normalized spacial score (nSPS) is 10.1. The summed E-state index contributed by atoms with van der Waals surface area (Å²) in [4.78, 5) is 8.20. The van der Waals surface area contributed by atoms with Crippen LogP contribution in [0.4, 0.5) is 0 Å². The highest BCUT2D eigenvalue weighted by atomic mass is 16.5. The van der Waals surface area contributed by atoms with Crippen molar-refractivity contribution in [2.24, 2.45) is 0 Å². The first-order chi connectivity index (χ1) is 6.88. The van der Waals surface area contributed by atoms with Gasteiger partial charge in [-0.05, 0) is 0 Å². The molecule has 1 rings (SSSR count). The summed E-state index contributed by atoms with van der Waals surface area (Å²) in [5.74, 6) is 0.567. The Labute approximate surface area is 83.5 Å². The van der Waals surface area contributed by atoms with Gasteiger partial charge in [0.15, 0.2) is 0 Å². The van der Waals surface area contributed by atoms with Crippen molar-refractivity contribution < 1.29 is 9.47 Å². The van der Waals surface area contributed by atoms with Gasteiger partial charge in [0.25, 0.3) is 0 Å². The minimum absolute atomic E-state index is 0.567. The Kier molecular flexibility index (Phi) is 4.88. The summed E-state index contributed by atoms with van der Waals surface area (Å²) in [5.41, 5.74) is 0.811. The van der Waals surface area contributed by atoms with Crippen molar-refractivity contribution in [2.45, 2.75) is 6.54 Å². The molecule has 0 fully saturated rings. The Bertz CT molecular complexity index is 268. The molecule has 0 atom stereocenters. The minimum Gasteiger partial charge on any atom is -0.480 e. The zero-order chi connectivity index (χ0) is 10.2. The van der Waals surface area contributed by atoms with E-state index in [1.165, 1.54) is 0 Å². The number of aromatic nitrogens is 2. The molecule has 0 aromatic carbocycles. The molecule has 1 aromatic heterocycles. The van der Waals surface area contributed by atoms with Crippen molar-refractivity contribution in [3.63, 3.8) is 0 Å². The molecule has 0 aliphatic heterocycles. The molecule has 0 amide bonds. The van der Waals surface area contributed by atoms with Crippen LogP contribution >= 0.6 is 0 Å². The largest absolute Gasteiger partial charge is 0.480 e. The van der Waals surface area contributed by atoms with Gasteiger partial charge in [-0.3, -0.25) is 4.98 Å². The van der Waals surface area contributed by atoms with E-state index in [1.807, 2.05) is 0 Å². The van der Waals surface area contributed by atoms with Crippen LogP contribution in [0.15, 0.2) is 12.4 Å². The van der Waals surface area contributed by atoms with Crippen molar-refractivity contribution >= 4 is 0 Å². The van der Waals surface area contributed by atoms with Gasteiger partial charge >= 0.3 is 0 Å². The van der Waals surface area contributed by atoms with Crippen molar-refractivity contribution in [1.29, 1.82) is 0 Å². The lowest BCUT2D eigenvalue weighted by Crippen LogP contribution is -2.19. The number of rotatable bonds is 6. The average Bonchev–Trinajstić information content (AvgIpc) is 2.25. The van der Waals surface area contributed by atoms with Crippen LogP contribution in [0.5, 0.6) is 5.88 Å². The molecule has 1 aromatic rings. The maximum Gasteiger partial charge on any atom is 0.236 e. The predicted octanol–water partition coefficient (Wildman–Crippen LogP) is 0.221. The number of hydrogen-bond acceptors (Lipinski definition) is 5. The van der Waals surface area contributed by atoms with Crippen molar-refractivity contribution in [3.05, 3.63) is 18.1 Å². The maximum absolute atomic E-state index is 5.06. The molecule has 5 nitrogen and oxygen atoms in total. The number of hydrogen-bond donors (Lipinski definition) is 1. The van der Waals surface area contributed by atoms with Crippen LogP contribution in [-0.2, 0) is 11.3 Å². The summed E-state index contributed by atoms with van der Waals surface area (Å²) in [5, 5.41) is 3.17. The molecule has 0 spiro atoms. The fourth-order valence-electron chi connectivity index (χ4n) is 1.03. The highest BCUT2D eigenvalue weighted by Crippen LogP contribution is 2.09. The van der Waals surface area contributed by atoms with Gasteiger partial charge in [0.2, 0.25) is 5.88 Å². The third-order valence-electron chi connectivity index (χ3n) is 1.70. The number of ether oxygens (including phenoxy) is 2. The van der Waals surface area contributed by atoms with Crippen LogP contribution in [0.3, 0.4) is 0 Å². The highest BCUT2D eigenvalue weighted by Gasteiger charge is 2.03. The van der Waals surface area contributed by atoms with Gasteiger partial charge in [-0.2, -0.15) is 0 Å². The fourth-order valence-corrected chi connectivity index (χ4v) is 1.03. The molecule has 1 N–H and O–H groups in total. The van der Waals surface area contributed by atoms with Gasteiger partial charge in [0, 0.05) is 32.6 Å². The van der Waals surface area contributed by atoms with Crippen LogP contribution < -0.4 is 10.1 Å². The third kappa shape index (κ3) is 3.27. The Morgan fingerprint density at radius 2 is 2.07 bits per heavy atom. The third-order valence-corrected chi connectivity index (χ3v) is 1.70. The first-order valence-electron chi connectivity index (χ1n) is 4.42. The molecular formula is C9H15N3O2. The molecule has 5 heteroatoms. The van der Waals surface area contributed by atoms with Crippen molar-refractivity contribution in [1.82, 2.24) is 15.3 Å². The van der Waals surface area contributed by atoms with E-state index in [9.17, 15) is 0 Å². The Balaban J connectivity index is 2.41. The van der Waals surface area contributed by atoms with Crippen LogP contribution in [0, 0.1) is 0 Å². The Hall–Kier alpha value is -1.20. The van der Waals surface area contributed by atoms with Crippen LogP contribution in [0.25, 0.3) is 0 Å². The molecule has 0 radical (unpaired) electrons. The zero-order valence-corrected chi connectivity index (χ0v) is 8.49. The summed E-state index contributed by atoms with van der Waals surface area (Å²) in [6, 6.07) is 0. The van der Waals surface area contributed by atoms with Gasteiger partial charge in [-0.15, -0.1) is 0 Å². The Morgan fingerprint density at radius 3 is 2.79 bits per heavy atom. The highest BCUT2D eigenvalue weighted by molar-refractivity contribution is 5.16. The van der Waals surface area contributed by atoms with E-state index in [4.69, 9.17) is 9.47 Å². The Morgan fingerprint density at radius 1 is 1.29 bits per heavy atom. The van der Waals surface area contributed by atoms with E-state index in [-0.39, 0.29) is 0 Å². The topological polar surface area (TPSA) is 56.3 Å². The lowest BCUT2D eigenvalue weighted by atomic mass is 10.4. The van der Waals surface area contributed by atoms with E-state index in [0.29, 0.717) is 19.0 Å². The lowest BCUT2D eigenvalue weighted by Gasteiger charge is -2.06. The first kappa shape index (κ1) is 10.9. The molecular weight excluding hydrogens is 182 g/mol. The van der Waals surface area contributed by atoms with Gasteiger partial charge in [0.1, 0.15) is 5.69 Å².